The van der Waals surface area contributed by atoms with Crippen molar-refractivity contribution < 1.29 is 29.4 Å². The van der Waals surface area contributed by atoms with Gasteiger partial charge in [0.15, 0.2) is 16.3 Å². The average Bonchev–Trinajstić information content (AvgIpc) is 2.80. The summed E-state index contributed by atoms with van der Waals surface area (Å²) < 4.78 is -1.90. The maximum Gasteiger partial charge on any atom is 0.326 e. The third-order valence-corrected chi connectivity index (χ3v) is 9.42. The quantitative estimate of drug-likeness (QED) is 0.0917. The van der Waals surface area contributed by atoms with Gasteiger partial charge in [0.05, 0.1) is 0 Å². The SMILES string of the molecule is CCCCCCCC(=O)C(SSCC(N)C(=O)O)(C(=O)CCCCCCC)C(C)(NC)C(=O)O. The number of carbonyl (C=O) groups is 4. The van der Waals surface area contributed by atoms with Crippen LogP contribution in [-0.2, 0) is 19.2 Å². The molecule has 0 rings (SSSR count). The number of unbranched alkanes of at least 4 members (excludes halogenated alkanes) is 8. The Morgan fingerprint density at radius 1 is 0.853 bits per heavy atom. The number of ketones is 2. The highest BCUT2D eigenvalue weighted by molar-refractivity contribution is 8.77. The van der Waals surface area contributed by atoms with Crippen molar-refractivity contribution in [2.24, 2.45) is 5.73 Å². The number of likely N-dealkylation sites (N-methyl/N-ethyl adjacent to an activating group) is 1. The fraction of sp³-hybridized carbons (Fsp3) is 0.833. The zero-order chi connectivity index (χ0) is 26.2. The fourth-order valence-electron chi connectivity index (χ4n) is 3.72. The summed E-state index contributed by atoms with van der Waals surface area (Å²) in [7, 11) is 3.26. The molecule has 2 unspecified atom stereocenters. The van der Waals surface area contributed by atoms with E-state index in [1.807, 2.05) is 0 Å². The molecular formula is C24H44N2O6S2. The van der Waals surface area contributed by atoms with E-state index in [9.17, 15) is 24.3 Å². The van der Waals surface area contributed by atoms with Crippen molar-refractivity contribution in [1.82, 2.24) is 5.32 Å². The maximum atomic E-state index is 13.7. The zero-order valence-corrected chi connectivity index (χ0v) is 22.8. The number of hydrogen-bond acceptors (Lipinski definition) is 8. The predicted molar refractivity (Wildman–Crippen MR) is 140 cm³/mol. The summed E-state index contributed by atoms with van der Waals surface area (Å²) in [6.45, 7) is 5.55. The molecule has 8 nitrogen and oxygen atoms in total. The zero-order valence-electron chi connectivity index (χ0n) is 21.2. The monoisotopic (exact) mass is 520 g/mol. The van der Waals surface area contributed by atoms with Gasteiger partial charge in [0, 0.05) is 18.6 Å². The Bertz CT molecular complexity index is 635. The Kier molecular flexibility index (Phi) is 16.8. The second kappa shape index (κ2) is 17.3. The largest absolute Gasteiger partial charge is 0.480 e. The Morgan fingerprint density at radius 3 is 1.65 bits per heavy atom. The number of aliphatic carboxylic acids is 2. The minimum absolute atomic E-state index is 0.0608. The van der Waals surface area contributed by atoms with Gasteiger partial charge in [0.2, 0.25) is 0 Å². The number of carbonyl (C=O) groups excluding carboxylic acids is 2. The molecule has 0 aliphatic heterocycles. The van der Waals surface area contributed by atoms with Gasteiger partial charge in [-0.3, -0.25) is 19.2 Å². The average molecular weight is 521 g/mol. The molecule has 0 aliphatic rings. The highest BCUT2D eigenvalue weighted by Gasteiger charge is 2.62. The number of rotatable bonds is 22. The minimum Gasteiger partial charge on any atom is -0.480 e. The first kappa shape index (κ1) is 32.9. The number of Topliss-reactive ketones (excluding diaryl/α,β-unsaturated/α-hetero) is 2. The summed E-state index contributed by atoms with van der Waals surface area (Å²) in [5.41, 5.74) is 3.76. The molecule has 2 atom stereocenters. The number of carboxylic acids is 2. The van der Waals surface area contributed by atoms with Gasteiger partial charge in [-0.1, -0.05) is 86.8 Å². The molecule has 0 fully saturated rings. The normalized spacial score (nSPS) is 14.4. The van der Waals surface area contributed by atoms with Gasteiger partial charge in [-0.05, 0) is 26.8 Å². The molecule has 0 radical (unpaired) electrons. The second-order valence-corrected chi connectivity index (χ2v) is 11.4. The van der Waals surface area contributed by atoms with E-state index in [0.29, 0.717) is 12.8 Å². The molecule has 34 heavy (non-hydrogen) atoms. The molecular weight excluding hydrogens is 476 g/mol. The van der Waals surface area contributed by atoms with E-state index in [2.05, 4.69) is 19.2 Å². The van der Waals surface area contributed by atoms with Crippen molar-refractivity contribution in [3.8, 4) is 0 Å². The van der Waals surface area contributed by atoms with E-state index in [-0.39, 0.29) is 18.6 Å². The van der Waals surface area contributed by atoms with Crippen molar-refractivity contribution in [2.45, 2.75) is 114 Å². The maximum absolute atomic E-state index is 13.7. The van der Waals surface area contributed by atoms with Crippen LogP contribution in [0.1, 0.15) is 97.8 Å². The third kappa shape index (κ3) is 9.51. The molecule has 0 aromatic carbocycles. The lowest BCUT2D eigenvalue weighted by atomic mass is 9.75. The van der Waals surface area contributed by atoms with Gasteiger partial charge in [0.25, 0.3) is 0 Å². The summed E-state index contributed by atoms with van der Waals surface area (Å²) in [5, 5.41) is 22.0. The van der Waals surface area contributed by atoms with E-state index < -0.39 is 39.8 Å². The van der Waals surface area contributed by atoms with Crippen LogP contribution >= 0.6 is 21.6 Å². The van der Waals surface area contributed by atoms with Gasteiger partial charge in [0.1, 0.15) is 11.6 Å². The Balaban J connectivity index is 6.01. The van der Waals surface area contributed by atoms with Crippen molar-refractivity contribution in [2.75, 3.05) is 12.8 Å². The smallest absolute Gasteiger partial charge is 0.326 e. The first-order valence-corrected chi connectivity index (χ1v) is 14.6. The molecule has 0 heterocycles. The molecule has 0 aromatic rings. The lowest BCUT2D eigenvalue weighted by Gasteiger charge is -2.42. The second-order valence-electron chi connectivity index (χ2n) is 8.85. The van der Waals surface area contributed by atoms with Crippen LogP contribution in [0, 0.1) is 0 Å². The molecule has 0 aliphatic carbocycles. The predicted octanol–water partition coefficient (Wildman–Crippen LogP) is 4.44. The van der Waals surface area contributed by atoms with Gasteiger partial charge in [-0.25, -0.2) is 0 Å². The van der Waals surface area contributed by atoms with Crippen molar-refractivity contribution in [3.05, 3.63) is 0 Å². The highest BCUT2D eigenvalue weighted by atomic mass is 33.1. The first-order chi connectivity index (χ1) is 16.0. The molecule has 0 saturated carbocycles. The van der Waals surface area contributed by atoms with Gasteiger partial charge < -0.3 is 21.3 Å². The van der Waals surface area contributed by atoms with Gasteiger partial charge >= 0.3 is 11.9 Å². The molecule has 0 saturated heterocycles. The van der Waals surface area contributed by atoms with E-state index in [4.69, 9.17) is 10.8 Å². The van der Waals surface area contributed by atoms with Crippen LogP contribution in [0.15, 0.2) is 0 Å². The van der Waals surface area contributed by atoms with E-state index >= 15 is 0 Å². The van der Waals surface area contributed by atoms with Crippen LogP contribution in [0.5, 0.6) is 0 Å². The number of carboxylic acid groups (broad SMARTS) is 2. The van der Waals surface area contributed by atoms with Gasteiger partial charge in [-0.15, -0.1) is 0 Å². The van der Waals surface area contributed by atoms with Gasteiger partial charge in [-0.2, -0.15) is 0 Å². The van der Waals surface area contributed by atoms with Crippen LogP contribution in [0.3, 0.4) is 0 Å². The topological polar surface area (TPSA) is 147 Å². The van der Waals surface area contributed by atoms with E-state index in [1.54, 1.807) is 0 Å². The van der Waals surface area contributed by atoms with Crippen molar-refractivity contribution in [3.63, 3.8) is 0 Å². The van der Waals surface area contributed by atoms with E-state index in [0.717, 1.165) is 73.0 Å². The lowest BCUT2D eigenvalue weighted by Crippen LogP contribution is -2.69. The molecule has 5 N–H and O–H groups in total. The van der Waals surface area contributed by atoms with Crippen LogP contribution in [0.2, 0.25) is 0 Å². The van der Waals surface area contributed by atoms with Crippen LogP contribution in [0.25, 0.3) is 0 Å². The molecule has 198 valence electrons. The Labute approximate surface area is 212 Å². The van der Waals surface area contributed by atoms with E-state index in [1.165, 1.54) is 14.0 Å². The van der Waals surface area contributed by atoms with Crippen molar-refractivity contribution >= 4 is 45.1 Å². The van der Waals surface area contributed by atoms with Crippen LogP contribution < -0.4 is 11.1 Å². The summed E-state index contributed by atoms with van der Waals surface area (Å²) in [4.78, 5) is 51.0. The van der Waals surface area contributed by atoms with Crippen LogP contribution in [-0.4, -0.2) is 62.8 Å². The summed E-state index contributed by atoms with van der Waals surface area (Å²) in [6, 6.07) is -1.19. The molecule has 0 aromatic heterocycles. The first-order valence-electron chi connectivity index (χ1n) is 12.3. The van der Waals surface area contributed by atoms with Crippen molar-refractivity contribution in [1.29, 1.82) is 0 Å². The third-order valence-electron chi connectivity index (χ3n) is 6.18. The number of hydrogen-bond donors (Lipinski definition) is 4. The standard InChI is InChI=1S/C24H44N2O6S2/c1-5-7-9-11-13-15-19(27)24(23(3,26-4)22(31)32,34-33-17-18(25)21(29)30)20(28)16-14-12-10-8-6-2/h18,26H,5-17,25H2,1-4H3,(H,29,30)(H,31,32). The number of nitrogens with one attached hydrogen (secondary N) is 1. The molecule has 0 spiro atoms. The Hall–Kier alpha value is -1.10. The summed E-state index contributed by atoms with van der Waals surface area (Å²) >= 11 is 0. The van der Waals surface area contributed by atoms with Crippen LogP contribution in [0.4, 0.5) is 0 Å². The summed E-state index contributed by atoms with van der Waals surface area (Å²) in [6.07, 6.45) is 9.14. The molecule has 10 heteroatoms. The molecule has 0 bridgehead atoms. The number of nitrogens with two attached hydrogens (primary N) is 1. The highest BCUT2D eigenvalue weighted by Crippen LogP contribution is 2.47. The lowest BCUT2D eigenvalue weighted by molar-refractivity contribution is -0.151. The minimum atomic E-state index is -1.90. The molecule has 0 amide bonds. The fourth-order valence-corrected chi connectivity index (χ4v) is 7.23. The Morgan fingerprint density at radius 2 is 1.29 bits per heavy atom. The summed E-state index contributed by atoms with van der Waals surface area (Å²) in [5.74, 6) is -3.41.